The number of carbonyl (C=O) groups is 1. The van der Waals surface area contributed by atoms with Crippen LogP contribution in [0, 0.1) is 5.82 Å². The minimum absolute atomic E-state index is 0.0912. The van der Waals surface area contributed by atoms with E-state index in [1.54, 1.807) is 6.07 Å². The van der Waals surface area contributed by atoms with Gasteiger partial charge in [-0.1, -0.05) is 18.2 Å². The fourth-order valence-corrected chi connectivity index (χ4v) is 2.86. The summed E-state index contributed by atoms with van der Waals surface area (Å²) in [7, 11) is 0. The summed E-state index contributed by atoms with van der Waals surface area (Å²) in [5.41, 5.74) is 0.796. The molecule has 0 spiro atoms. The maximum atomic E-state index is 13.5. The molecule has 1 heterocycles. The van der Waals surface area contributed by atoms with E-state index in [0.717, 1.165) is 64.0 Å². The molecule has 1 aromatic carbocycles. The molecule has 1 aliphatic heterocycles. The Hall–Kier alpha value is -1.62. The highest BCUT2D eigenvalue weighted by atomic mass is 19.1. The van der Waals surface area contributed by atoms with Gasteiger partial charge in [0.25, 0.3) is 0 Å². The number of benzene rings is 1. The van der Waals surface area contributed by atoms with Crippen molar-refractivity contribution in [3.05, 3.63) is 35.6 Å². The van der Waals surface area contributed by atoms with Gasteiger partial charge < -0.3 is 10.2 Å². The zero-order valence-electron chi connectivity index (χ0n) is 12.9. The molecule has 4 nitrogen and oxygen atoms in total. The van der Waals surface area contributed by atoms with Crippen molar-refractivity contribution >= 4 is 6.03 Å². The van der Waals surface area contributed by atoms with E-state index in [1.165, 1.54) is 6.07 Å². The fourth-order valence-electron chi connectivity index (χ4n) is 2.86. The molecule has 5 heteroatoms. The summed E-state index contributed by atoms with van der Waals surface area (Å²) in [6.45, 7) is 4.37. The lowest BCUT2D eigenvalue weighted by Crippen LogP contribution is -2.52. The van der Waals surface area contributed by atoms with Crippen LogP contribution in [0.3, 0.4) is 0 Å². The standard InChI is InChI=1S/C17H24FN3O/c18-16-6-2-1-4-14(16)5-3-9-20-10-12-21(13-11-20)17(22)19-15-7-8-15/h1-2,4,6,15H,3,5,7-13H2,(H,19,22). The molecule has 0 atom stereocenters. The highest BCUT2D eigenvalue weighted by molar-refractivity contribution is 5.75. The number of rotatable bonds is 5. The Balaban J connectivity index is 1.35. The van der Waals surface area contributed by atoms with E-state index in [2.05, 4.69) is 10.2 Å². The lowest BCUT2D eigenvalue weighted by atomic mass is 10.1. The first-order valence-electron chi connectivity index (χ1n) is 8.23. The number of piperazine rings is 1. The van der Waals surface area contributed by atoms with Crippen LogP contribution in [0.4, 0.5) is 9.18 Å². The van der Waals surface area contributed by atoms with Gasteiger partial charge in [-0.25, -0.2) is 9.18 Å². The van der Waals surface area contributed by atoms with Gasteiger partial charge >= 0.3 is 6.03 Å². The quantitative estimate of drug-likeness (QED) is 0.905. The molecule has 0 unspecified atom stereocenters. The van der Waals surface area contributed by atoms with Gasteiger partial charge in [0, 0.05) is 32.2 Å². The molecule has 22 heavy (non-hydrogen) atoms. The Labute approximate surface area is 131 Å². The van der Waals surface area contributed by atoms with Crippen LogP contribution >= 0.6 is 0 Å². The summed E-state index contributed by atoms with van der Waals surface area (Å²) in [5, 5.41) is 3.04. The van der Waals surface area contributed by atoms with Crippen molar-refractivity contribution in [1.29, 1.82) is 0 Å². The summed E-state index contributed by atoms with van der Waals surface area (Å²) >= 11 is 0. The molecule has 1 saturated carbocycles. The molecular formula is C17H24FN3O. The first kappa shape index (κ1) is 15.3. The Morgan fingerprint density at radius 1 is 1.18 bits per heavy atom. The SMILES string of the molecule is O=C(NC1CC1)N1CCN(CCCc2ccccc2F)CC1. The van der Waals surface area contributed by atoms with Crippen molar-refractivity contribution in [3.63, 3.8) is 0 Å². The lowest BCUT2D eigenvalue weighted by Gasteiger charge is -2.34. The molecular weight excluding hydrogens is 281 g/mol. The average Bonchev–Trinajstić information content (AvgIpc) is 3.34. The lowest BCUT2D eigenvalue weighted by molar-refractivity contribution is 0.138. The summed E-state index contributed by atoms with van der Waals surface area (Å²) in [5.74, 6) is -0.107. The smallest absolute Gasteiger partial charge is 0.317 e. The van der Waals surface area contributed by atoms with Crippen molar-refractivity contribution in [3.8, 4) is 0 Å². The van der Waals surface area contributed by atoms with Crippen LogP contribution in [-0.4, -0.2) is 54.6 Å². The number of hydrogen-bond acceptors (Lipinski definition) is 2. The summed E-state index contributed by atoms with van der Waals surface area (Å²) in [4.78, 5) is 16.2. The van der Waals surface area contributed by atoms with Crippen molar-refractivity contribution < 1.29 is 9.18 Å². The second-order valence-corrected chi connectivity index (χ2v) is 6.25. The number of carbonyl (C=O) groups excluding carboxylic acids is 1. The van der Waals surface area contributed by atoms with Crippen LogP contribution in [0.1, 0.15) is 24.8 Å². The molecule has 1 aliphatic carbocycles. The van der Waals surface area contributed by atoms with Crippen LogP contribution in [0.5, 0.6) is 0 Å². The van der Waals surface area contributed by atoms with Crippen molar-refractivity contribution in [2.75, 3.05) is 32.7 Å². The minimum Gasteiger partial charge on any atom is -0.335 e. The first-order valence-corrected chi connectivity index (χ1v) is 8.23. The Kier molecular flexibility index (Phi) is 4.93. The Bertz CT molecular complexity index is 510. The minimum atomic E-state index is -0.107. The van der Waals surface area contributed by atoms with E-state index in [4.69, 9.17) is 0 Å². The van der Waals surface area contributed by atoms with E-state index in [-0.39, 0.29) is 11.8 Å². The summed E-state index contributed by atoms with van der Waals surface area (Å²) < 4.78 is 13.5. The third-order valence-electron chi connectivity index (χ3n) is 4.44. The predicted molar refractivity (Wildman–Crippen MR) is 84.3 cm³/mol. The number of amides is 2. The number of hydrogen-bond donors (Lipinski definition) is 1. The topological polar surface area (TPSA) is 35.6 Å². The van der Waals surface area contributed by atoms with Crippen LogP contribution < -0.4 is 5.32 Å². The molecule has 1 saturated heterocycles. The largest absolute Gasteiger partial charge is 0.335 e. The zero-order valence-corrected chi connectivity index (χ0v) is 12.9. The Morgan fingerprint density at radius 3 is 2.59 bits per heavy atom. The third-order valence-corrected chi connectivity index (χ3v) is 4.44. The van der Waals surface area contributed by atoms with Crippen LogP contribution in [0.2, 0.25) is 0 Å². The van der Waals surface area contributed by atoms with Gasteiger partial charge in [0.2, 0.25) is 0 Å². The number of nitrogens with zero attached hydrogens (tertiary/aromatic N) is 2. The number of urea groups is 1. The number of nitrogens with one attached hydrogen (secondary N) is 1. The Morgan fingerprint density at radius 2 is 1.91 bits per heavy atom. The van der Waals surface area contributed by atoms with E-state index in [9.17, 15) is 9.18 Å². The van der Waals surface area contributed by atoms with Gasteiger partial charge in [0.15, 0.2) is 0 Å². The predicted octanol–water partition coefficient (Wildman–Crippen LogP) is 2.25. The van der Waals surface area contributed by atoms with Crippen LogP contribution in [0.25, 0.3) is 0 Å². The van der Waals surface area contributed by atoms with Gasteiger partial charge in [0.1, 0.15) is 5.82 Å². The van der Waals surface area contributed by atoms with E-state index < -0.39 is 0 Å². The zero-order chi connectivity index (χ0) is 15.4. The highest BCUT2D eigenvalue weighted by Gasteiger charge is 2.27. The molecule has 2 aliphatic rings. The van der Waals surface area contributed by atoms with E-state index in [0.29, 0.717) is 6.04 Å². The van der Waals surface area contributed by atoms with Gasteiger partial charge in [0.05, 0.1) is 0 Å². The molecule has 120 valence electrons. The summed E-state index contributed by atoms with van der Waals surface area (Å²) in [6.07, 6.45) is 3.98. The fraction of sp³-hybridized carbons (Fsp3) is 0.588. The first-order chi connectivity index (χ1) is 10.7. The number of aryl methyl sites for hydroxylation is 1. The number of halogens is 1. The van der Waals surface area contributed by atoms with E-state index >= 15 is 0 Å². The molecule has 0 bridgehead atoms. The second kappa shape index (κ2) is 7.09. The van der Waals surface area contributed by atoms with Gasteiger partial charge in [-0.2, -0.15) is 0 Å². The van der Waals surface area contributed by atoms with Crippen LogP contribution in [-0.2, 0) is 6.42 Å². The third kappa shape index (κ3) is 4.19. The van der Waals surface area contributed by atoms with Gasteiger partial charge in [-0.15, -0.1) is 0 Å². The average molecular weight is 305 g/mol. The second-order valence-electron chi connectivity index (χ2n) is 6.25. The molecule has 2 fully saturated rings. The molecule has 0 radical (unpaired) electrons. The molecule has 3 rings (SSSR count). The highest BCUT2D eigenvalue weighted by Crippen LogP contribution is 2.19. The van der Waals surface area contributed by atoms with Gasteiger partial charge in [-0.3, -0.25) is 4.90 Å². The van der Waals surface area contributed by atoms with E-state index in [1.807, 2.05) is 17.0 Å². The maximum Gasteiger partial charge on any atom is 0.317 e. The van der Waals surface area contributed by atoms with Crippen molar-refractivity contribution in [2.24, 2.45) is 0 Å². The van der Waals surface area contributed by atoms with Crippen molar-refractivity contribution in [2.45, 2.75) is 31.7 Å². The normalized spacial score (nSPS) is 19.2. The van der Waals surface area contributed by atoms with Crippen LogP contribution in [0.15, 0.2) is 24.3 Å². The van der Waals surface area contributed by atoms with Crippen molar-refractivity contribution in [1.82, 2.24) is 15.1 Å². The monoisotopic (exact) mass is 305 g/mol. The molecule has 1 N–H and O–H groups in total. The van der Waals surface area contributed by atoms with Gasteiger partial charge in [-0.05, 0) is 43.9 Å². The molecule has 1 aromatic rings. The molecule has 2 amide bonds. The summed E-state index contributed by atoms with van der Waals surface area (Å²) in [6, 6.07) is 7.50. The molecule has 0 aromatic heterocycles. The maximum absolute atomic E-state index is 13.5.